The molecule has 2 aromatic rings. The Kier molecular flexibility index (Phi) is 6.54. The fourth-order valence-corrected chi connectivity index (χ4v) is 5.53. The summed E-state index contributed by atoms with van der Waals surface area (Å²) in [4.78, 5) is 27.6. The van der Waals surface area contributed by atoms with Crippen molar-refractivity contribution < 1.29 is 19.4 Å². The van der Waals surface area contributed by atoms with Crippen molar-refractivity contribution in [3.05, 3.63) is 70.2 Å². The van der Waals surface area contributed by atoms with Gasteiger partial charge in [0, 0.05) is 41.6 Å². The van der Waals surface area contributed by atoms with Gasteiger partial charge in [-0.15, -0.1) is 0 Å². The molecule has 2 amide bonds. The van der Waals surface area contributed by atoms with Gasteiger partial charge in [-0.05, 0) is 42.2 Å². The molecule has 0 radical (unpaired) electrons. The zero-order valence-corrected chi connectivity index (χ0v) is 19.8. The van der Waals surface area contributed by atoms with Gasteiger partial charge in [-0.2, -0.15) is 0 Å². The molecule has 0 spiro atoms. The molecule has 1 unspecified atom stereocenters. The number of ether oxygens (including phenoxy) is 1. The summed E-state index contributed by atoms with van der Waals surface area (Å²) < 4.78 is 5.69. The van der Waals surface area contributed by atoms with Gasteiger partial charge in [0.2, 0.25) is 11.8 Å². The van der Waals surface area contributed by atoms with Gasteiger partial charge in [-0.3, -0.25) is 9.59 Å². The van der Waals surface area contributed by atoms with E-state index >= 15 is 0 Å². The molecule has 33 heavy (non-hydrogen) atoms. The number of nitrogens with two attached hydrogens (primary N) is 1. The smallest absolute Gasteiger partial charge is 0.248 e. The van der Waals surface area contributed by atoms with Crippen molar-refractivity contribution >= 4 is 23.4 Å². The number of hydrogen-bond donors (Lipinski definition) is 2. The van der Waals surface area contributed by atoms with Crippen LogP contribution in [0.4, 0.5) is 0 Å². The SMILES string of the molecule is CC1(C)CN(C(=O)[C@@H]2COCC[C@@H]2c2ccccc2C(N)=O)CCC1(O)c1ccc(Cl)cc1. The van der Waals surface area contributed by atoms with E-state index in [0.29, 0.717) is 49.7 Å². The van der Waals surface area contributed by atoms with Gasteiger partial charge in [-0.25, -0.2) is 0 Å². The third-order valence-corrected chi connectivity index (χ3v) is 7.63. The maximum atomic E-state index is 13.7. The molecule has 0 aromatic heterocycles. The number of carbonyl (C=O) groups is 2. The summed E-state index contributed by atoms with van der Waals surface area (Å²) in [6.07, 6.45) is 1.07. The number of hydrogen-bond acceptors (Lipinski definition) is 4. The van der Waals surface area contributed by atoms with Gasteiger partial charge in [0.05, 0.1) is 18.1 Å². The minimum Gasteiger partial charge on any atom is -0.384 e. The average Bonchev–Trinajstić information content (AvgIpc) is 2.80. The lowest BCUT2D eigenvalue weighted by atomic mass is 9.66. The Bertz CT molecular complexity index is 1040. The van der Waals surface area contributed by atoms with E-state index in [0.717, 1.165) is 11.1 Å². The Hall–Kier alpha value is -2.41. The second-order valence-corrected chi connectivity index (χ2v) is 10.2. The highest BCUT2D eigenvalue weighted by Crippen LogP contribution is 2.47. The molecule has 3 atom stereocenters. The minimum atomic E-state index is -1.07. The maximum absolute atomic E-state index is 13.7. The Balaban J connectivity index is 1.58. The highest BCUT2D eigenvalue weighted by Gasteiger charge is 2.50. The lowest BCUT2D eigenvalue weighted by molar-refractivity contribution is -0.160. The van der Waals surface area contributed by atoms with Crippen LogP contribution in [-0.2, 0) is 15.1 Å². The van der Waals surface area contributed by atoms with Crippen molar-refractivity contribution in [2.45, 2.75) is 38.2 Å². The van der Waals surface area contributed by atoms with Crippen molar-refractivity contribution in [2.75, 3.05) is 26.3 Å². The summed E-state index contributed by atoms with van der Waals surface area (Å²) in [5.41, 5.74) is 6.03. The number of amides is 2. The van der Waals surface area contributed by atoms with E-state index in [1.807, 2.05) is 43.0 Å². The van der Waals surface area contributed by atoms with Crippen LogP contribution in [0.5, 0.6) is 0 Å². The van der Waals surface area contributed by atoms with Gasteiger partial charge in [-0.1, -0.05) is 55.8 Å². The van der Waals surface area contributed by atoms with E-state index < -0.39 is 22.8 Å². The van der Waals surface area contributed by atoms with Gasteiger partial charge < -0.3 is 20.5 Å². The van der Waals surface area contributed by atoms with E-state index in [9.17, 15) is 14.7 Å². The van der Waals surface area contributed by atoms with Crippen LogP contribution in [0, 0.1) is 11.3 Å². The van der Waals surface area contributed by atoms with Crippen LogP contribution in [0.3, 0.4) is 0 Å². The van der Waals surface area contributed by atoms with Crippen LogP contribution in [0.15, 0.2) is 48.5 Å². The van der Waals surface area contributed by atoms with Crippen LogP contribution in [0.2, 0.25) is 5.02 Å². The molecule has 7 heteroatoms. The topological polar surface area (TPSA) is 92.9 Å². The van der Waals surface area contributed by atoms with Gasteiger partial charge in [0.1, 0.15) is 0 Å². The Labute approximate surface area is 199 Å². The normalized spacial score (nSPS) is 27.2. The maximum Gasteiger partial charge on any atom is 0.248 e. The zero-order chi connectivity index (χ0) is 23.8. The van der Waals surface area contributed by atoms with Crippen molar-refractivity contribution in [2.24, 2.45) is 17.1 Å². The molecule has 2 fully saturated rings. The molecule has 2 aliphatic rings. The summed E-state index contributed by atoms with van der Waals surface area (Å²) in [5.74, 6) is -1.05. The second kappa shape index (κ2) is 9.09. The number of primary amides is 1. The first-order valence-electron chi connectivity index (χ1n) is 11.4. The fourth-order valence-electron chi connectivity index (χ4n) is 5.40. The minimum absolute atomic E-state index is 0.00907. The molecule has 0 saturated carbocycles. The van der Waals surface area contributed by atoms with Crippen LogP contribution in [-0.4, -0.2) is 48.1 Å². The average molecular weight is 471 g/mol. The van der Waals surface area contributed by atoms with Crippen molar-refractivity contribution in [3.63, 3.8) is 0 Å². The quantitative estimate of drug-likeness (QED) is 0.712. The lowest BCUT2D eigenvalue weighted by Gasteiger charge is -2.51. The van der Waals surface area contributed by atoms with Crippen LogP contribution in [0.1, 0.15) is 54.1 Å². The first-order valence-corrected chi connectivity index (χ1v) is 11.8. The van der Waals surface area contributed by atoms with Crippen LogP contribution < -0.4 is 5.73 Å². The molecular formula is C26H31ClN2O4. The Morgan fingerprint density at radius 3 is 2.52 bits per heavy atom. The number of rotatable bonds is 4. The van der Waals surface area contributed by atoms with Crippen molar-refractivity contribution in [3.8, 4) is 0 Å². The summed E-state index contributed by atoms with van der Waals surface area (Å²) >= 11 is 6.04. The van der Waals surface area contributed by atoms with Crippen molar-refractivity contribution in [1.29, 1.82) is 0 Å². The Morgan fingerprint density at radius 1 is 1.15 bits per heavy atom. The van der Waals surface area contributed by atoms with Gasteiger partial charge >= 0.3 is 0 Å². The molecule has 2 aromatic carbocycles. The number of aliphatic hydroxyl groups is 1. The highest BCUT2D eigenvalue weighted by atomic mass is 35.5. The largest absolute Gasteiger partial charge is 0.384 e. The molecular weight excluding hydrogens is 440 g/mol. The Morgan fingerprint density at radius 2 is 1.85 bits per heavy atom. The third kappa shape index (κ3) is 4.39. The second-order valence-electron chi connectivity index (χ2n) is 9.79. The summed E-state index contributed by atoms with van der Waals surface area (Å²) in [6, 6.07) is 14.5. The number of likely N-dealkylation sites (tertiary alicyclic amines) is 1. The third-order valence-electron chi connectivity index (χ3n) is 7.38. The molecule has 6 nitrogen and oxygen atoms in total. The molecule has 2 saturated heterocycles. The number of halogens is 1. The molecule has 3 N–H and O–H groups in total. The monoisotopic (exact) mass is 470 g/mol. The van der Waals surface area contributed by atoms with E-state index in [4.69, 9.17) is 22.1 Å². The summed E-state index contributed by atoms with van der Waals surface area (Å²) in [7, 11) is 0. The molecule has 0 bridgehead atoms. The summed E-state index contributed by atoms with van der Waals surface area (Å²) in [5, 5.41) is 12.3. The summed E-state index contributed by atoms with van der Waals surface area (Å²) in [6.45, 7) is 5.64. The van der Waals surface area contributed by atoms with Crippen molar-refractivity contribution in [1.82, 2.24) is 4.90 Å². The predicted molar refractivity (Wildman–Crippen MR) is 127 cm³/mol. The molecule has 176 valence electrons. The first kappa shape index (κ1) is 23.7. The van der Waals surface area contributed by atoms with E-state index in [1.165, 1.54) is 0 Å². The van der Waals surface area contributed by atoms with Crippen LogP contribution >= 0.6 is 11.6 Å². The molecule has 0 aliphatic carbocycles. The molecule has 4 rings (SSSR count). The van der Waals surface area contributed by atoms with Gasteiger partial charge in [0.15, 0.2) is 0 Å². The standard InChI is InChI=1S/C26H31ClN2O4/c1-25(2)16-29(13-12-26(25,32)17-7-9-18(27)10-8-17)24(31)22-15-33-14-11-20(22)19-5-3-4-6-21(19)23(28)30/h3-10,20,22,32H,11-16H2,1-2H3,(H2,28,30)/t20-,22-,26?/m1/s1. The zero-order valence-electron chi connectivity index (χ0n) is 19.1. The molecule has 2 aliphatic heterocycles. The van der Waals surface area contributed by atoms with E-state index in [-0.39, 0.29) is 11.8 Å². The highest BCUT2D eigenvalue weighted by molar-refractivity contribution is 6.30. The fraction of sp³-hybridized carbons (Fsp3) is 0.462. The number of piperidine rings is 1. The number of nitrogens with zero attached hydrogens (tertiary/aromatic N) is 1. The number of benzene rings is 2. The first-order chi connectivity index (χ1) is 15.6. The van der Waals surface area contributed by atoms with Gasteiger partial charge in [0.25, 0.3) is 0 Å². The van der Waals surface area contributed by atoms with E-state index in [2.05, 4.69) is 0 Å². The van der Waals surface area contributed by atoms with E-state index in [1.54, 1.807) is 24.3 Å². The lowest BCUT2D eigenvalue weighted by Crippen LogP contribution is -2.58. The predicted octanol–water partition coefficient (Wildman–Crippen LogP) is 3.71. The molecule has 2 heterocycles. The van der Waals surface area contributed by atoms with Crippen LogP contribution in [0.25, 0.3) is 0 Å². The number of carbonyl (C=O) groups excluding carboxylic acids is 2.